The van der Waals surface area contributed by atoms with Crippen LogP contribution >= 0.6 is 0 Å². The highest BCUT2D eigenvalue weighted by Gasteiger charge is 2.40. The van der Waals surface area contributed by atoms with Crippen LogP contribution in [0.25, 0.3) is 0 Å². The van der Waals surface area contributed by atoms with Gasteiger partial charge in [0.2, 0.25) is 10.0 Å². The van der Waals surface area contributed by atoms with Gasteiger partial charge in [0.25, 0.3) is 0 Å². The zero-order valence-corrected chi connectivity index (χ0v) is 11.5. The standard InChI is InChI=1S/C12H24N2O2S/c1-14(12(9-13)10-7-8-10)17(15,16)11-5-3-2-4-6-11/h10-12H,2-9,13H2,1H3. The predicted octanol–water partition coefficient (Wildman–Crippen LogP) is 1.32. The van der Waals surface area contributed by atoms with Crippen LogP contribution in [0.15, 0.2) is 0 Å². The van der Waals surface area contributed by atoms with E-state index in [0.29, 0.717) is 12.5 Å². The summed E-state index contributed by atoms with van der Waals surface area (Å²) in [5.74, 6) is 0.503. The SMILES string of the molecule is CN(C(CN)C1CC1)S(=O)(=O)C1CCCCC1. The van der Waals surface area contributed by atoms with Crippen LogP contribution in [-0.2, 0) is 10.0 Å². The first kappa shape index (κ1) is 13.3. The van der Waals surface area contributed by atoms with Gasteiger partial charge < -0.3 is 5.73 Å². The molecule has 1 unspecified atom stereocenters. The quantitative estimate of drug-likeness (QED) is 0.811. The van der Waals surface area contributed by atoms with Gasteiger partial charge >= 0.3 is 0 Å². The van der Waals surface area contributed by atoms with Crippen molar-refractivity contribution in [2.75, 3.05) is 13.6 Å². The lowest BCUT2D eigenvalue weighted by atomic mass is 10.0. The molecule has 100 valence electrons. The Morgan fingerprint density at radius 2 is 1.76 bits per heavy atom. The summed E-state index contributed by atoms with van der Waals surface area (Å²) in [6.45, 7) is 0.452. The predicted molar refractivity (Wildman–Crippen MR) is 69.1 cm³/mol. The van der Waals surface area contributed by atoms with E-state index in [0.717, 1.165) is 38.5 Å². The first-order valence-corrected chi connectivity index (χ1v) is 8.24. The molecule has 0 spiro atoms. The van der Waals surface area contributed by atoms with Crippen molar-refractivity contribution in [2.24, 2.45) is 11.7 Å². The molecule has 4 nitrogen and oxygen atoms in total. The summed E-state index contributed by atoms with van der Waals surface area (Å²) in [7, 11) is -1.40. The second kappa shape index (κ2) is 5.24. The molecule has 0 aromatic carbocycles. The Morgan fingerprint density at radius 3 is 2.24 bits per heavy atom. The molecule has 2 N–H and O–H groups in total. The zero-order chi connectivity index (χ0) is 12.5. The summed E-state index contributed by atoms with van der Waals surface area (Å²) < 4.78 is 26.6. The number of sulfonamides is 1. The number of hydrogen-bond acceptors (Lipinski definition) is 3. The zero-order valence-electron chi connectivity index (χ0n) is 10.6. The lowest BCUT2D eigenvalue weighted by Gasteiger charge is -2.32. The number of nitrogens with two attached hydrogens (primary N) is 1. The minimum Gasteiger partial charge on any atom is -0.329 e. The van der Waals surface area contributed by atoms with E-state index in [4.69, 9.17) is 5.73 Å². The van der Waals surface area contributed by atoms with Crippen molar-refractivity contribution in [1.82, 2.24) is 4.31 Å². The fourth-order valence-electron chi connectivity index (χ4n) is 2.91. The number of rotatable bonds is 5. The fraction of sp³-hybridized carbons (Fsp3) is 1.00. The third-order valence-corrected chi connectivity index (χ3v) is 6.64. The molecule has 2 aliphatic carbocycles. The van der Waals surface area contributed by atoms with Crippen molar-refractivity contribution in [1.29, 1.82) is 0 Å². The maximum absolute atomic E-state index is 12.5. The molecule has 17 heavy (non-hydrogen) atoms. The van der Waals surface area contributed by atoms with Gasteiger partial charge in [0.05, 0.1) is 5.25 Å². The minimum atomic E-state index is -3.13. The summed E-state index contributed by atoms with van der Waals surface area (Å²) in [5.41, 5.74) is 5.73. The van der Waals surface area contributed by atoms with Gasteiger partial charge in [-0.1, -0.05) is 19.3 Å². The molecule has 2 aliphatic rings. The van der Waals surface area contributed by atoms with Gasteiger partial charge in [0.1, 0.15) is 0 Å². The second-order valence-corrected chi connectivity index (χ2v) is 7.73. The maximum Gasteiger partial charge on any atom is 0.217 e. The van der Waals surface area contributed by atoms with Crippen LogP contribution in [0.3, 0.4) is 0 Å². The van der Waals surface area contributed by atoms with E-state index in [9.17, 15) is 8.42 Å². The highest BCUT2D eigenvalue weighted by Crippen LogP contribution is 2.37. The van der Waals surface area contributed by atoms with Crippen molar-refractivity contribution >= 4 is 10.0 Å². The molecule has 0 saturated heterocycles. The smallest absolute Gasteiger partial charge is 0.217 e. The van der Waals surface area contributed by atoms with Crippen LogP contribution < -0.4 is 5.73 Å². The van der Waals surface area contributed by atoms with Crippen LogP contribution in [0.4, 0.5) is 0 Å². The first-order valence-electron chi connectivity index (χ1n) is 6.74. The minimum absolute atomic E-state index is 0.0296. The molecule has 1 atom stereocenters. The molecule has 0 radical (unpaired) electrons. The van der Waals surface area contributed by atoms with Crippen molar-refractivity contribution in [2.45, 2.75) is 56.2 Å². The topological polar surface area (TPSA) is 63.4 Å². The lowest BCUT2D eigenvalue weighted by Crippen LogP contribution is -2.47. The molecule has 0 aromatic heterocycles. The largest absolute Gasteiger partial charge is 0.329 e. The lowest BCUT2D eigenvalue weighted by molar-refractivity contribution is 0.329. The van der Waals surface area contributed by atoms with E-state index in [1.54, 1.807) is 11.4 Å². The average Bonchev–Trinajstić information content (AvgIpc) is 3.15. The Bertz CT molecular complexity index is 346. The van der Waals surface area contributed by atoms with E-state index in [2.05, 4.69) is 0 Å². The van der Waals surface area contributed by atoms with Crippen LogP contribution in [0.5, 0.6) is 0 Å². The van der Waals surface area contributed by atoms with Crippen LogP contribution in [0, 0.1) is 5.92 Å². The molecule has 5 heteroatoms. The Hall–Kier alpha value is -0.130. The van der Waals surface area contributed by atoms with Crippen LogP contribution in [0.2, 0.25) is 0 Å². The van der Waals surface area contributed by atoms with E-state index >= 15 is 0 Å². The molecule has 0 aliphatic heterocycles. The van der Waals surface area contributed by atoms with Crippen LogP contribution in [0.1, 0.15) is 44.9 Å². The average molecular weight is 260 g/mol. The third-order valence-electron chi connectivity index (χ3n) is 4.25. The number of hydrogen-bond donors (Lipinski definition) is 1. The molecule has 0 aromatic rings. The monoisotopic (exact) mass is 260 g/mol. The van der Waals surface area contributed by atoms with Crippen molar-refractivity contribution in [3.63, 3.8) is 0 Å². The summed E-state index contributed by atoms with van der Waals surface area (Å²) in [5, 5.41) is -0.158. The molecule has 2 fully saturated rings. The van der Waals surface area contributed by atoms with Gasteiger partial charge in [-0.15, -0.1) is 0 Å². The Labute approximate surface area is 105 Å². The number of likely N-dealkylation sites (N-methyl/N-ethyl adjacent to an activating group) is 1. The Kier molecular flexibility index (Phi) is 4.10. The summed E-state index contributed by atoms with van der Waals surface area (Å²) >= 11 is 0. The summed E-state index contributed by atoms with van der Waals surface area (Å²) in [6, 6.07) is 0.0296. The van der Waals surface area contributed by atoms with Gasteiger partial charge in [-0.2, -0.15) is 0 Å². The Balaban J connectivity index is 2.07. The highest BCUT2D eigenvalue weighted by atomic mass is 32.2. The van der Waals surface area contributed by atoms with Gasteiger partial charge in [-0.3, -0.25) is 0 Å². The van der Waals surface area contributed by atoms with Crippen LogP contribution in [-0.4, -0.2) is 37.6 Å². The van der Waals surface area contributed by atoms with Gasteiger partial charge in [0.15, 0.2) is 0 Å². The molecule has 0 bridgehead atoms. The first-order chi connectivity index (χ1) is 8.07. The molecule has 2 saturated carbocycles. The second-order valence-electron chi connectivity index (χ2n) is 5.46. The molecule has 0 amide bonds. The van der Waals surface area contributed by atoms with Gasteiger partial charge in [0, 0.05) is 19.6 Å². The summed E-state index contributed by atoms with van der Waals surface area (Å²) in [4.78, 5) is 0. The van der Waals surface area contributed by atoms with E-state index in [1.807, 2.05) is 0 Å². The van der Waals surface area contributed by atoms with E-state index < -0.39 is 10.0 Å². The van der Waals surface area contributed by atoms with Crippen molar-refractivity contribution in [3.8, 4) is 0 Å². The van der Waals surface area contributed by atoms with E-state index in [-0.39, 0.29) is 11.3 Å². The molecular weight excluding hydrogens is 236 g/mol. The molecule has 2 rings (SSSR count). The van der Waals surface area contributed by atoms with Gasteiger partial charge in [-0.25, -0.2) is 12.7 Å². The van der Waals surface area contributed by atoms with Gasteiger partial charge in [-0.05, 0) is 31.6 Å². The fourth-order valence-corrected chi connectivity index (χ4v) is 4.94. The summed E-state index contributed by atoms with van der Waals surface area (Å²) in [6.07, 6.45) is 7.20. The number of nitrogens with zero attached hydrogens (tertiary/aromatic N) is 1. The highest BCUT2D eigenvalue weighted by molar-refractivity contribution is 7.89. The van der Waals surface area contributed by atoms with E-state index in [1.165, 1.54) is 6.42 Å². The van der Waals surface area contributed by atoms with Crippen molar-refractivity contribution in [3.05, 3.63) is 0 Å². The maximum atomic E-state index is 12.5. The van der Waals surface area contributed by atoms with Crippen molar-refractivity contribution < 1.29 is 8.42 Å². The molecular formula is C12H24N2O2S. The molecule has 0 heterocycles. The third kappa shape index (κ3) is 2.83. The normalized spacial score (nSPS) is 25.1. The Morgan fingerprint density at radius 1 is 1.18 bits per heavy atom.